The van der Waals surface area contributed by atoms with Crippen molar-refractivity contribution in [2.75, 3.05) is 26.3 Å². The van der Waals surface area contributed by atoms with Crippen LogP contribution in [0.3, 0.4) is 0 Å². The molecule has 0 aliphatic carbocycles. The van der Waals surface area contributed by atoms with Gasteiger partial charge in [0.05, 0.1) is 6.61 Å². The van der Waals surface area contributed by atoms with Crippen molar-refractivity contribution in [1.29, 1.82) is 0 Å². The van der Waals surface area contributed by atoms with Crippen LogP contribution in [0.25, 0.3) is 0 Å². The molecule has 1 N–H and O–H groups in total. The van der Waals surface area contributed by atoms with Crippen molar-refractivity contribution in [2.45, 2.75) is 32.7 Å². The third-order valence-electron chi connectivity index (χ3n) is 3.80. The minimum atomic E-state index is -0.389. The van der Waals surface area contributed by atoms with Gasteiger partial charge in [-0.2, -0.15) is 0 Å². The molecule has 23 heavy (non-hydrogen) atoms. The van der Waals surface area contributed by atoms with E-state index in [-0.39, 0.29) is 24.6 Å². The Bertz CT molecular complexity index is 539. The Morgan fingerprint density at radius 2 is 2.04 bits per heavy atom. The number of carbonyl (C=O) groups is 2. The summed E-state index contributed by atoms with van der Waals surface area (Å²) < 4.78 is 10.4. The molecule has 0 radical (unpaired) electrons. The van der Waals surface area contributed by atoms with E-state index in [0.717, 1.165) is 18.4 Å². The fourth-order valence-corrected chi connectivity index (χ4v) is 2.55. The first-order valence-corrected chi connectivity index (χ1v) is 7.99. The van der Waals surface area contributed by atoms with Gasteiger partial charge < -0.3 is 19.7 Å². The van der Waals surface area contributed by atoms with Gasteiger partial charge in [0.2, 0.25) is 0 Å². The summed E-state index contributed by atoms with van der Waals surface area (Å²) in [7, 11) is 0. The van der Waals surface area contributed by atoms with Crippen LogP contribution in [0.2, 0.25) is 0 Å². The fraction of sp³-hybridized carbons (Fsp3) is 0.529. The van der Waals surface area contributed by atoms with Crippen LogP contribution in [-0.2, 0) is 9.53 Å². The van der Waals surface area contributed by atoms with Gasteiger partial charge in [-0.1, -0.05) is 12.1 Å². The molecule has 126 valence electrons. The van der Waals surface area contributed by atoms with E-state index in [2.05, 4.69) is 5.32 Å². The van der Waals surface area contributed by atoms with Gasteiger partial charge in [-0.15, -0.1) is 0 Å². The van der Waals surface area contributed by atoms with E-state index >= 15 is 0 Å². The molecule has 6 nitrogen and oxygen atoms in total. The van der Waals surface area contributed by atoms with Gasteiger partial charge in [0.15, 0.2) is 6.61 Å². The first-order chi connectivity index (χ1) is 11.1. The summed E-state index contributed by atoms with van der Waals surface area (Å²) in [5.41, 5.74) is 1.10. The lowest BCUT2D eigenvalue weighted by Gasteiger charge is -2.32. The van der Waals surface area contributed by atoms with Gasteiger partial charge in [-0.05, 0) is 44.4 Å². The Hall–Kier alpha value is -2.24. The molecule has 0 spiro atoms. The second-order valence-corrected chi connectivity index (χ2v) is 5.63. The highest BCUT2D eigenvalue weighted by molar-refractivity contribution is 5.78. The van der Waals surface area contributed by atoms with E-state index in [1.165, 1.54) is 0 Å². The third kappa shape index (κ3) is 5.47. The van der Waals surface area contributed by atoms with E-state index in [9.17, 15) is 9.59 Å². The molecule has 1 aromatic rings. The highest BCUT2D eigenvalue weighted by Crippen LogP contribution is 2.14. The highest BCUT2D eigenvalue weighted by atomic mass is 16.5. The van der Waals surface area contributed by atoms with Gasteiger partial charge in [0.25, 0.3) is 5.91 Å². The Kier molecular flexibility index (Phi) is 6.26. The topological polar surface area (TPSA) is 67.9 Å². The van der Waals surface area contributed by atoms with Crippen LogP contribution in [0.15, 0.2) is 24.3 Å². The molecule has 2 rings (SSSR count). The highest BCUT2D eigenvalue weighted by Gasteiger charge is 2.24. The lowest BCUT2D eigenvalue weighted by Crippen LogP contribution is -2.47. The number of amides is 2. The zero-order valence-corrected chi connectivity index (χ0v) is 13.7. The summed E-state index contributed by atoms with van der Waals surface area (Å²) >= 11 is 0. The molecule has 1 fully saturated rings. The van der Waals surface area contributed by atoms with Gasteiger partial charge in [-0.25, -0.2) is 4.79 Å². The van der Waals surface area contributed by atoms with Crippen molar-refractivity contribution in [3.8, 4) is 5.75 Å². The zero-order valence-electron chi connectivity index (χ0n) is 13.7. The first-order valence-electron chi connectivity index (χ1n) is 7.99. The van der Waals surface area contributed by atoms with Gasteiger partial charge in [-0.3, -0.25) is 4.79 Å². The summed E-state index contributed by atoms with van der Waals surface area (Å²) in [6, 6.07) is 7.70. The van der Waals surface area contributed by atoms with Crippen LogP contribution in [0.4, 0.5) is 4.79 Å². The number of carbonyl (C=O) groups excluding carboxylic acids is 2. The molecule has 1 aliphatic heterocycles. The lowest BCUT2D eigenvalue weighted by molar-refractivity contribution is -0.134. The van der Waals surface area contributed by atoms with Crippen LogP contribution >= 0.6 is 0 Å². The maximum Gasteiger partial charge on any atom is 0.407 e. The van der Waals surface area contributed by atoms with Gasteiger partial charge in [0, 0.05) is 19.1 Å². The largest absolute Gasteiger partial charge is 0.484 e. The summed E-state index contributed by atoms with van der Waals surface area (Å²) in [5.74, 6) is 0.679. The maximum absolute atomic E-state index is 12.2. The van der Waals surface area contributed by atoms with Crippen molar-refractivity contribution >= 4 is 12.0 Å². The van der Waals surface area contributed by atoms with E-state index in [4.69, 9.17) is 9.47 Å². The molecule has 1 heterocycles. The summed E-state index contributed by atoms with van der Waals surface area (Å²) in [6.45, 7) is 5.39. The van der Waals surface area contributed by atoms with Crippen molar-refractivity contribution in [2.24, 2.45) is 0 Å². The molecule has 1 saturated heterocycles. The summed E-state index contributed by atoms with van der Waals surface area (Å²) in [6.07, 6.45) is 1.07. The second-order valence-electron chi connectivity index (χ2n) is 5.63. The lowest BCUT2D eigenvalue weighted by atomic mass is 10.1. The monoisotopic (exact) mass is 320 g/mol. The standard InChI is InChI=1S/C17H24N2O4/c1-3-22-17(21)18-14-7-9-19(10-8-14)16(20)12-23-15-6-4-5-13(2)11-15/h4-6,11,14H,3,7-10,12H2,1-2H3,(H,18,21). The number of piperidine rings is 1. The number of likely N-dealkylation sites (tertiary alicyclic amines) is 1. The van der Waals surface area contributed by atoms with Crippen LogP contribution in [0, 0.1) is 6.92 Å². The number of alkyl carbamates (subject to hydrolysis) is 1. The number of aryl methyl sites for hydroxylation is 1. The number of ether oxygens (including phenoxy) is 2. The Morgan fingerprint density at radius 3 is 2.70 bits per heavy atom. The Morgan fingerprint density at radius 1 is 1.30 bits per heavy atom. The smallest absolute Gasteiger partial charge is 0.407 e. The molecule has 1 aliphatic rings. The molecule has 0 unspecified atom stereocenters. The van der Waals surface area contributed by atoms with Crippen molar-refractivity contribution in [1.82, 2.24) is 10.2 Å². The number of benzene rings is 1. The molecule has 0 aromatic heterocycles. The van der Waals surface area contributed by atoms with Crippen LogP contribution in [0.5, 0.6) is 5.75 Å². The van der Waals surface area contributed by atoms with E-state index < -0.39 is 0 Å². The van der Waals surface area contributed by atoms with Crippen LogP contribution < -0.4 is 10.1 Å². The minimum absolute atomic E-state index is 0.0268. The van der Waals surface area contributed by atoms with E-state index in [1.54, 1.807) is 11.8 Å². The summed E-state index contributed by atoms with van der Waals surface area (Å²) in [4.78, 5) is 25.3. The number of nitrogens with zero attached hydrogens (tertiary/aromatic N) is 1. The number of hydrogen-bond donors (Lipinski definition) is 1. The average Bonchev–Trinajstić information content (AvgIpc) is 2.53. The van der Waals surface area contributed by atoms with Crippen molar-refractivity contribution < 1.29 is 19.1 Å². The summed E-state index contributed by atoms with van der Waals surface area (Å²) in [5, 5.41) is 2.81. The van der Waals surface area contributed by atoms with Crippen LogP contribution in [0.1, 0.15) is 25.3 Å². The minimum Gasteiger partial charge on any atom is -0.484 e. The van der Waals surface area contributed by atoms with Gasteiger partial charge >= 0.3 is 6.09 Å². The van der Waals surface area contributed by atoms with Gasteiger partial charge in [0.1, 0.15) is 5.75 Å². The fourth-order valence-electron chi connectivity index (χ4n) is 2.55. The Labute approximate surface area is 136 Å². The number of nitrogens with one attached hydrogen (secondary N) is 1. The van der Waals surface area contributed by atoms with Crippen molar-refractivity contribution in [3.05, 3.63) is 29.8 Å². The molecule has 2 amide bonds. The Balaban J connectivity index is 1.72. The van der Waals surface area contributed by atoms with E-state index in [1.807, 2.05) is 31.2 Å². The molecule has 0 bridgehead atoms. The van der Waals surface area contributed by atoms with E-state index in [0.29, 0.717) is 25.4 Å². The predicted octanol–water partition coefficient (Wildman–Crippen LogP) is 2.11. The molecule has 0 saturated carbocycles. The SMILES string of the molecule is CCOC(=O)NC1CCN(C(=O)COc2cccc(C)c2)CC1. The first kappa shape index (κ1) is 17.1. The quantitative estimate of drug-likeness (QED) is 0.902. The number of hydrogen-bond acceptors (Lipinski definition) is 4. The number of rotatable bonds is 5. The molecule has 6 heteroatoms. The average molecular weight is 320 g/mol. The maximum atomic E-state index is 12.2. The molecule has 1 aromatic carbocycles. The predicted molar refractivity (Wildman–Crippen MR) is 86.4 cm³/mol. The molecular weight excluding hydrogens is 296 g/mol. The zero-order chi connectivity index (χ0) is 16.7. The van der Waals surface area contributed by atoms with Crippen LogP contribution in [-0.4, -0.2) is 49.2 Å². The normalized spacial score (nSPS) is 15.1. The third-order valence-corrected chi connectivity index (χ3v) is 3.80. The van der Waals surface area contributed by atoms with Crippen molar-refractivity contribution in [3.63, 3.8) is 0 Å². The molecule has 0 atom stereocenters. The molecular formula is C17H24N2O4. The second kappa shape index (κ2) is 8.41.